The third-order valence-corrected chi connectivity index (χ3v) is 3.18. The number of hydrogen-bond donors (Lipinski definition) is 2. The van der Waals surface area contributed by atoms with Crippen LogP contribution in [0.1, 0.15) is 13.8 Å². The van der Waals surface area contributed by atoms with Crippen LogP contribution in [0, 0.1) is 5.92 Å². The summed E-state index contributed by atoms with van der Waals surface area (Å²) in [7, 11) is 0. The summed E-state index contributed by atoms with van der Waals surface area (Å²) in [5, 5.41) is 3.34. The van der Waals surface area contributed by atoms with Crippen molar-refractivity contribution >= 4 is 0 Å². The Morgan fingerprint density at radius 2 is 2.06 bits per heavy atom. The highest BCUT2D eigenvalue weighted by molar-refractivity contribution is 5.40. The van der Waals surface area contributed by atoms with Crippen LogP contribution in [-0.2, 0) is 0 Å². The van der Waals surface area contributed by atoms with Crippen LogP contribution in [0.25, 0.3) is 0 Å². The first kappa shape index (κ1) is 13.2. The van der Waals surface area contributed by atoms with Gasteiger partial charge in [0.25, 0.3) is 0 Å². The monoisotopic (exact) mass is 250 g/mol. The van der Waals surface area contributed by atoms with E-state index in [1.54, 1.807) is 0 Å². The average molecular weight is 250 g/mol. The molecular weight excluding hydrogens is 228 g/mol. The van der Waals surface area contributed by atoms with Gasteiger partial charge in [-0.3, -0.25) is 0 Å². The van der Waals surface area contributed by atoms with Gasteiger partial charge in [0.15, 0.2) is 11.5 Å². The largest absolute Gasteiger partial charge is 0.486 e. The van der Waals surface area contributed by atoms with Gasteiger partial charge in [-0.05, 0) is 18.1 Å². The van der Waals surface area contributed by atoms with Crippen LogP contribution in [0.5, 0.6) is 11.5 Å². The first-order valence-corrected chi connectivity index (χ1v) is 6.51. The van der Waals surface area contributed by atoms with Crippen LogP contribution >= 0.6 is 0 Å². The first-order chi connectivity index (χ1) is 8.66. The van der Waals surface area contributed by atoms with Gasteiger partial charge >= 0.3 is 0 Å². The minimum Gasteiger partial charge on any atom is -0.486 e. The Balaban J connectivity index is 1.76. The van der Waals surface area contributed by atoms with Gasteiger partial charge in [0.05, 0.1) is 0 Å². The Hall–Kier alpha value is -1.26. The normalized spacial score (nSPS) is 19.9. The molecule has 0 saturated carbocycles. The molecule has 0 aromatic heterocycles. The predicted molar refractivity (Wildman–Crippen MR) is 72.0 cm³/mol. The molecule has 1 aromatic rings. The van der Waals surface area contributed by atoms with Crippen LogP contribution in [-0.4, -0.2) is 31.8 Å². The summed E-state index contributed by atoms with van der Waals surface area (Å²) in [4.78, 5) is 0. The first-order valence-electron chi connectivity index (χ1n) is 6.51. The third-order valence-electron chi connectivity index (χ3n) is 3.18. The SMILES string of the molecule is CC(C)C(N)CNCC1COc2ccccc2O1. The average Bonchev–Trinajstić information content (AvgIpc) is 2.38. The van der Waals surface area contributed by atoms with Crippen molar-refractivity contribution in [3.05, 3.63) is 24.3 Å². The van der Waals surface area contributed by atoms with Crippen molar-refractivity contribution in [2.24, 2.45) is 11.7 Å². The molecule has 18 heavy (non-hydrogen) atoms. The number of rotatable bonds is 5. The second-order valence-electron chi connectivity index (χ2n) is 5.06. The number of fused-ring (bicyclic) bond motifs is 1. The molecular formula is C14H22N2O2. The molecule has 1 aliphatic heterocycles. The van der Waals surface area contributed by atoms with Gasteiger partial charge in [-0.15, -0.1) is 0 Å². The Morgan fingerprint density at radius 3 is 2.78 bits per heavy atom. The molecule has 0 bridgehead atoms. The van der Waals surface area contributed by atoms with E-state index in [4.69, 9.17) is 15.2 Å². The summed E-state index contributed by atoms with van der Waals surface area (Å²) < 4.78 is 11.5. The summed E-state index contributed by atoms with van der Waals surface area (Å²) in [6.45, 7) is 6.40. The van der Waals surface area contributed by atoms with Gasteiger partial charge in [0.1, 0.15) is 12.7 Å². The molecule has 1 aromatic carbocycles. The molecule has 0 fully saturated rings. The fraction of sp³-hybridized carbons (Fsp3) is 0.571. The minimum atomic E-state index is 0.0549. The highest BCUT2D eigenvalue weighted by Gasteiger charge is 2.20. The fourth-order valence-corrected chi connectivity index (χ4v) is 1.81. The second-order valence-corrected chi connectivity index (χ2v) is 5.06. The number of ether oxygens (including phenoxy) is 2. The van der Waals surface area contributed by atoms with E-state index in [1.807, 2.05) is 24.3 Å². The van der Waals surface area contributed by atoms with Gasteiger partial charge < -0.3 is 20.5 Å². The maximum absolute atomic E-state index is 5.97. The highest BCUT2D eigenvalue weighted by Crippen LogP contribution is 2.30. The van der Waals surface area contributed by atoms with Crippen molar-refractivity contribution in [1.29, 1.82) is 0 Å². The molecule has 0 amide bonds. The van der Waals surface area contributed by atoms with Gasteiger partial charge in [-0.1, -0.05) is 26.0 Å². The van der Waals surface area contributed by atoms with E-state index < -0.39 is 0 Å². The van der Waals surface area contributed by atoms with Crippen molar-refractivity contribution in [2.45, 2.75) is 26.0 Å². The standard InChI is InChI=1S/C14H22N2O2/c1-10(2)12(15)8-16-7-11-9-17-13-5-3-4-6-14(13)18-11/h3-6,10-12,16H,7-9,15H2,1-2H3. The van der Waals surface area contributed by atoms with E-state index in [2.05, 4.69) is 19.2 Å². The molecule has 2 unspecified atom stereocenters. The van der Waals surface area contributed by atoms with Crippen molar-refractivity contribution in [3.8, 4) is 11.5 Å². The third kappa shape index (κ3) is 3.37. The van der Waals surface area contributed by atoms with Crippen LogP contribution in [0.15, 0.2) is 24.3 Å². The van der Waals surface area contributed by atoms with Gasteiger partial charge in [-0.25, -0.2) is 0 Å². The molecule has 2 rings (SSSR count). The lowest BCUT2D eigenvalue weighted by Gasteiger charge is -2.27. The quantitative estimate of drug-likeness (QED) is 0.829. The zero-order valence-corrected chi connectivity index (χ0v) is 11.1. The Bertz CT molecular complexity index is 382. The number of para-hydroxylation sites is 2. The topological polar surface area (TPSA) is 56.5 Å². The van der Waals surface area contributed by atoms with Crippen LogP contribution in [0.4, 0.5) is 0 Å². The molecule has 0 aliphatic carbocycles. The summed E-state index contributed by atoms with van der Waals surface area (Å²) >= 11 is 0. The summed E-state index contributed by atoms with van der Waals surface area (Å²) in [5.41, 5.74) is 5.97. The van der Waals surface area contributed by atoms with Crippen molar-refractivity contribution in [1.82, 2.24) is 5.32 Å². The number of benzene rings is 1. The molecule has 0 saturated heterocycles. The second kappa shape index (κ2) is 6.07. The minimum absolute atomic E-state index is 0.0549. The smallest absolute Gasteiger partial charge is 0.161 e. The van der Waals surface area contributed by atoms with E-state index in [0.717, 1.165) is 24.6 Å². The lowest BCUT2D eigenvalue weighted by atomic mass is 10.1. The van der Waals surface area contributed by atoms with Crippen molar-refractivity contribution < 1.29 is 9.47 Å². The van der Waals surface area contributed by atoms with Crippen molar-refractivity contribution in [2.75, 3.05) is 19.7 Å². The Kier molecular flexibility index (Phi) is 4.44. The fourth-order valence-electron chi connectivity index (χ4n) is 1.81. The number of nitrogens with two attached hydrogens (primary N) is 1. The maximum Gasteiger partial charge on any atom is 0.161 e. The summed E-state index contributed by atoms with van der Waals surface area (Å²) in [5.74, 6) is 2.14. The van der Waals surface area contributed by atoms with Crippen LogP contribution in [0.2, 0.25) is 0 Å². The van der Waals surface area contributed by atoms with E-state index in [-0.39, 0.29) is 12.1 Å². The molecule has 0 radical (unpaired) electrons. The van der Waals surface area contributed by atoms with E-state index >= 15 is 0 Å². The van der Waals surface area contributed by atoms with Gasteiger partial charge in [0.2, 0.25) is 0 Å². The van der Waals surface area contributed by atoms with E-state index in [1.165, 1.54) is 0 Å². The van der Waals surface area contributed by atoms with Crippen molar-refractivity contribution in [3.63, 3.8) is 0 Å². The molecule has 4 heteroatoms. The van der Waals surface area contributed by atoms with Crippen LogP contribution < -0.4 is 20.5 Å². The lowest BCUT2D eigenvalue weighted by molar-refractivity contribution is 0.0900. The Labute approximate surface area is 108 Å². The zero-order chi connectivity index (χ0) is 13.0. The molecule has 1 heterocycles. The van der Waals surface area contributed by atoms with Gasteiger partial charge in [0, 0.05) is 19.1 Å². The molecule has 0 spiro atoms. The Morgan fingerprint density at radius 1 is 1.33 bits per heavy atom. The van der Waals surface area contributed by atoms with Crippen LogP contribution in [0.3, 0.4) is 0 Å². The number of hydrogen-bond acceptors (Lipinski definition) is 4. The van der Waals surface area contributed by atoms with E-state index in [0.29, 0.717) is 12.5 Å². The number of nitrogens with one attached hydrogen (secondary N) is 1. The summed E-state index contributed by atoms with van der Waals surface area (Å²) in [6, 6.07) is 7.94. The lowest BCUT2D eigenvalue weighted by Crippen LogP contribution is -2.44. The van der Waals surface area contributed by atoms with Gasteiger partial charge in [-0.2, -0.15) is 0 Å². The molecule has 2 atom stereocenters. The highest BCUT2D eigenvalue weighted by atomic mass is 16.6. The predicted octanol–water partition coefficient (Wildman–Crippen LogP) is 1.40. The maximum atomic E-state index is 5.97. The molecule has 1 aliphatic rings. The summed E-state index contributed by atoms with van der Waals surface area (Å²) in [6.07, 6.45) is 0.0549. The zero-order valence-electron chi connectivity index (χ0n) is 11.1. The molecule has 4 nitrogen and oxygen atoms in total. The van der Waals surface area contributed by atoms with E-state index in [9.17, 15) is 0 Å². The molecule has 100 valence electrons. The molecule has 3 N–H and O–H groups in total.